The molecule has 7 nitrogen and oxygen atoms in total. The van der Waals surface area contributed by atoms with Crippen molar-refractivity contribution in [2.45, 2.75) is 0 Å². The first-order valence-corrected chi connectivity index (χ1v) is 7.66. The SMILES string of the molecule is O=C(N/N=C\c1ccc(Cl)c([N+](=O)[O-])c1)c1cc2cc(Cl)ccc2o1. The Bertz CT molecular complexity index is 1010. The minimum absolute atomic E-state index is 0.0205. The highest BCUT2D eigenvalue weighted by Crippen LogP contribution is 2.24. The minimum atomic E-state index is -0.599. The number of furan rings is 1. The third-order valence-corrected chi connectivity index (χ3v) is 3.80. The smallest absolute Gasteiger partial charge is 0.307 e. The lowest BCUT2D eigenvalue weighted by Crippen LogP contribution is -2.16. The number of hydrazone groups is 1. The number of carbonyl (C=O) groups excluding carboxylic acids is 1. The van der Waals surface area contributed by atoms with Crippen LogP contribution in [0.1, 0.15) is 16.1 Å². The zero-order valence-electron chi connectivity index (χ0n) is 12.4. The van der Waals surface area contributed by atoms with Crippen LogP contribution < -0.4 is 5.43 Å². The number of benzene rings is 2. The van der Waals surface area contributed by atoms with Gasteiger partial charge in [0.25, 0.3) is 5.69 Å². The summed E-state index contributed by atoms with van der Waals surface area (Å²) < 4.78 is 5.40. The number of nitrogens with zero attached hydrogens (tertiary/aromatic N) is 2. The van der Waals surface area contributed by atoms with Gasteiger partial charge in [-0.1, -0.05) is 29.3 Å². The van der Waals surface area contributed by atoms with E-state index in [1.54, 1.807) is 24.3 Å². The fraction of sp³-hybridized carbons (Fsp3) is 0. The van der Waals surface area contributed by atoms with E-state index in [2.05, 4.69) is 10.5 Å². The summed E-state index contributed by atoms with van der Waals surface area (Å²) in [5, 5.41) is 15.8. The highest BCUT2D eigenvalue weighted by molar-refractivity contribution is 6.32. The van der Waals surface area contributed by atoms with Crippen LogP contribution in [0, 0.1) is 10.1 Å². The normalized spacial score (nSPS) is 11.1. The average Bonchev–Trinajstić information content (AvgIpc) is 2.99. The topological polar surface area (TPSA) is 97.7 Å². The molecular weight excluding hydrogens is 369 g/mol. The number of amides is 1. The monoisotopic (exact) mass is 377 g/mol. The lowest BCUT2D eigenvalue weighted by atomic mass is 10.2. The van der Waals surface area contributed by atoms with Gasteiger partial charge in [-0.25, -0.2) is 5.43 Å². The molecule has 0 spiro atoms. The van der Waals surface area contributed by atoms with Gasteiger partial charge < -0.3 is 4.42 Å². The standard InChI is InChI=1S/C16H9Cl2N3O4/c17-11-2-4-14-10(6-11)7-15(25-14)16(22)20-19-8-9-1-3-12(18)13(5-9)21(23)24/h1-8H,(H,20,22)/b19-8-. The Morgan fingerprint density at radius 1 is 1.20 bits per heavy atom. The molecule has 0 saturated heterocycles. The summed E-state index contributed by atoms with van der Waals surface area (Å²) in [5.41, 5.74) is 2.97. The number of hydrogen-bond acceptors (Lipinski definition) is 5. The van der Waals surface area contributed by atoms with E-state index in [1.165, 1.54) is 24.4 Å². The fourth-order valence-electron chi connectivity index (χ4n) is 2.10. The molecule has 0 aliphatic rings. The molecule has 1 aromatic heterocycles. The number of fused-ring (bicyclic) bond motifs is 1. The van der Waals surface area contributed by atoms with Crippen molar-refractivity contribution in [3.8, 4) is 0 Å². The molecule has 126 valence electrons. The minimum Gasteiger partial charge on any atom is -0.451 e. The summed E-state index contributed by atoms with van der Waals surface area (Å²) in [6.45, 7) is 0. The van der Waals surface area contributed by atoms with Gasteiger partial charge >= 0.3 is 5.91 Å². The summed E-state index contributed by atoms with van der Waals surface area (Å²) >= 11 is 11.6. The van der Waals surface area contributed by atoms with Gasteiger partial charge in [-0.2, -0.15) is 5.10 Å². The van der Waals surface area contributed by atoms with E-state index < -0.39 is 10.8 Å². The Morgan fingerprint density at radius 2 is 2.00 bits per heavy atom. The van der Waals surface area contributed by atoms with Gasteiger partial charge in [0.05, 0.1) is 11.1 Å². The van der Waals surface area contributed by atoms with Crippen molar-refractivity contribution in [2.75, 3.05) is 0 Å². The van der Waals surface area contributed by atoms with E-state index in [4.69, 9.17) is 27.6 Å². The molecule has 1 amide bonds. The molecule has 0 unspecified atom stereocenters. The largest absolute Gasteiger partial charge is 0.451 e. The number of carbonyl (C=O) groups is 1. The van der Waals surface area contributed by atoms with E-state index >= 15 is 0 Å². The zero-order chi connectivity index (χ0) is 18.0. The molecule has 0 aliphatic heterocycles. The Labute approximate surface area is 151 Å². The second-order valence-electron chi connectivity index (χ2n) is 4.96. The zero-order valence-corrected chi connectivity index (χ0v) is 13.9. The van der Waals surface area contributed by atoms with Gasteiger partial charge in [0.2, 0.25) is 0 Å². The molecule has 1 N–H and O–H groups in total. The Balaban J connectivity index is 1.73. The van der Waals surface area contributed by atoms with Crippen LogP contribution in [0.5, 0.6) is 0 Å². The molecule has 1 heterocycles. The van der Waals surface area contributed by atoms with E-state index in [0.29, 0.717) is 21.6 Å². The maximum absolute atomic E-state index is 12.0. The first kappa shape index (κ1) is 16.9. The average molecular weight is 378 g/mol. The number of nitro benzene ring substituents is 1. The molecule has 0 atom stereocenters. The lowest BCUT2D eigenvalue weighted by molar-refractivity contribution is -0.384. The Kier molecular flexibility index (Phi) is 4.69. The maximum atomic E-state index is 12.0. The van der Waals surface area contributed by atoms with Crippen molar-refractivity contribution in [3.63, 3.8) is 0 Å². The number of nitro groups is 1. The van der Waals surface area contributed by atoms with Crippen LogP contribution in [0.3, 0.4) is 0 Å². The first-order chi connectivity index (χ1) is 11.9. The second-order valence-corrected chi connectivity index (χ2v) is 5.80. The highest BCUT2D eigenvalue weighted by Gasteiger charge is 2.13. The van der Waals surface area contributed by atoms with Crippen LogP contribution in [0.15, 0.2) is 52.0 Å². The number of rotatable bonds is 4. The van der Waals surface area contributed by atoms with Gasteiger partial charge in [-0.05, 0) is 30.3 Å². The summed E-state index contributed by atoms with van der Waals surface area (Å²) in [5.74, 6) is -0.497. The molecular formula is C16H9Cl2N3O4. The van der Waals surface area contributed by atoms with Crippen molar-refractivity contribution in [3.05, 3.63) is 73.9 Å². The maximum Gasteiger partial charge on any atom is 0.307 e. The fourth-order valence-corrected chi connectivity index (χ4v) is 2.46. The van der Waals surface area contributed by atoms with Crippen molar-refractivity contribution in [2.24, 2.45) is 5.10 Å². The molecule has 0 saturated carbocycles. The van der Waals surface area contributed by atoms with Crippen molar-refractivity contribution < 1.29 is 14.1 Å². The van der Waals surface area contributed by atoms with Gasteiger partial charge in [0.15, 0.2) is 5.76 Å². The van der Waals surface area contributed by atoms with Gasteiger partial charge in [-0.15, -0.1) is 0 Å². The van der Waals surface area contributed by atoms with Crippen molar-refractivity contribution in [1.82, 2.24) is 5.43 Å². The number of nitrogens with one attached hydrogen (secondary N) is 1. The summed E-state index contributed by atoms with van der Waals surface area (Å²) in [4.78, 5) is 22.3. The quantitative estimate of drug-likeness (QED) is 0.413. The van der Waals surface area contributed by atoms with Crippen LogP contribution >= 0.6 is 23.2 Å². The van der Waals surface area contributed by atoms with Crippen LogP contribution in [-0.4, -0.2) is 17.0 Å². The van der Waals surface area contributed by atoms with Crippen LogP contribution in [0.4, 0.5) is 5.69 Å². The molecule has 0 bridgehead atoms. The molecule has 25 heavy (non-hydrogen) atoms. The van der Waals surface area contributed by atoms with E-state index in [0.717, 1.165) is 0 Å². The summed E-state index contributed by atoms with van der Waals surface area (Å²) in [7, 11) is 0. The van der Waals surface area contributed by atoms with Crippen molar-refractivity contribution >= 4 is 52.0 Å². The molecule has 2 aromatic carbocycles. The summed E-state index contributed by atoms with van der Waals surface area (Å²) in [6, 6.07) is 10.7. The number of halogens is 2. The second kappa shape index (κ2) is 6.92. The molecule has 3 rings (SSSR count). The van der Waals surface area contributed by atoms with Gasteiger partial charge in [0.1, 0.15) is 10.6 Å². The van der Waals surface area contributed by atoms with Crippen molar-refractivity contribution in [1.29, 1.82) is 0 Å². The molecule has 3 aromatic rings. The van der Waals surface area contributed by atoms with E-state index in [1.807, 2.05) is 0 Å². The van der Waals surface area contributed by atoms with Crippen LogP contribution in [0.2, 0.25) is 10.0 Å². The summed E-state index contributed by atoms with van der Waals surface area (Å²) in [6.07, 6.45) is 1.26. The highest BCUT2D eigenvalue weighted by atomic mass is 35.5. The third kappa shape index (κ3) is 3.78. The third-order valence-electron chi connectivity index (χ3n) is 3.25. The van der Waals surface area contributed by atoms with Gasteiger partial charge in [0, 0.05) is 22.0 Å². The number of hydrogen-bond donors (Lipinski definition) is 1. The molecule has 0 fully saturated rings. The lowest BCUT2D eigenvalue weighted by Gasteiger charge is -1.98. The van der Waals surface area contributed by atoms with Gasteiger partial charge in [-0.3, -0.25) is 14.9 Å². The van der Waals surface area contributed by atoms with Crippen LogP contribution in [0.25, 0.3) is 11.0 Å². The van der Waals surface area contributed by atoms with E-state index in [-0.39, 0.29) is 16.5 Å². The van der Waals surface area contributed by atoms with Crippen LogP contribution in [-0.2, 0) is 0 Å². The molecule has 0 aliphatic carbocycles. The Morgan fingerprint density at radius 3 is 2.76 bits per heavy atom. The van der Waals surface area contributed by atoms with E-state index in [9.17, 15) is 14.9 Å². The predicted molar refractivity (Wildman–Crippen MR) is 94.4 cm³/mol. The molecule has 0 radical (unpaired) electrons. The Hall–Kier alpha value is -2.90. The molecule has 9 heteroatoms. The predicted octanol–water partition coefficient (Wildman–Crippen LogP) is 4.41. The first-order valence-electron chi connectivity index (χ1n) is 6.90.